The third-order valence-electron chi connectivity index (χ3n) is 3.33. The monoisotopic (exact) mass is 236 g/mol. The first kappa shape index (κ1) is 9.97. The summed E-state index contributed by atoms with van der Waals surface area (Å²) in [6, 6.07) is 5.62. The van der Waals surface area contributed by atoms with Crippen LogP contribution >= 0.6 is 11.6 Å². The van der Waals surface area contributed by atoms with Gasteiger partial charge in [0.15, 0.2) is 0 Å². The molecule has 0 spiro atoms. The average molecular weight is 237 g/mol. The van der Waals surface area contributed by atoms with E-state index in [1.54, 1.807) is 0 Å². The minimum absolute atomic E-state index is 0.000262. The van der Waals surface area contributed by atoms with Crippen molar-refractivity contribution in [2.24, 2.45) is 0 Å². The quantitative estimate of drug-likeness (QED) is 0.751. The van der Waals surface area contributed by atoms with Crippen molar-refractivity contribution in [2.45, 2.75) is 25.3 Å². The largest absolute Gasteiger partial charge is 0.358 e. The van der Waals surface area contributed by atoms with Gasteiger partial charge in [0, 0.05) is 11.6 Å². The highest BCUT2D eigenvalue weighted by atomic mass is 35.5. The number of fused-ring (bicyclic) bond motifs is 3. The summed E-state index contributed by atoms with van der Waals surface area (Å²) in [5.74, 6) is 0.120. The zero-order valence-electron chi connectivity index (χ0n) is 8.87. The summed E-state index contributed by atoms with van der Waals surface area (Å²) in [5, 5.41) is 3.67. The Morgan fingerprint density at radius 2 is 2.25 bits per heavy atom. The number of hydrogen-bond donors (Lipinski definition) is 1. The highest BCUT2D eigenvalue weighted by molar-refractivity contribution is 6.31. The number of carbonyl (C=O) groups excluding carboxylic acids is 1. The molecule has 2 heterocycles. The number of hydrogen-bond acceptors (Lipinski definition) is 2. The van der Waals surface area contributed by atoms with Gasteiger partial charge in [0.2, 0.25) is 5.91 Å². The molecule has 84 valence electrons. The van der Waals surface area contributed by atoms with Crippen LogP contribution in [0, 0.1) is 0 Å². The van der Waals surface area contributed by atoms with E-state index in [1.165, 1.54) is 0 Å². The number of benzene rings is 1. The van der Waals surface area contributed by atoms with Gasteiger partial charge < -0.3 is 10.2 Å². The molecular weight excluding hydrogens is 224 g/mol. The molecule has 1 N–H and O–H groups in total. The molecule has 2 aliphatic rings. The summed E-state index contributed by atoms with van der Waals surface area (Å²) >= 11 is 6.00. The van der Waals surface area contributed by atoms with E-state index in [9.17, 15) is 4.79 Å². The Morgan fingerprint density at radius 3 is 3.12 bits per heavy atom. The number of nitrogens with zero attached hydrogens (tertiary/aromatic N) is 1. The minimum atomic E-state index is -0.000262. The van der Waals surface area contributed by atoms with Gasteiger partial charge >= 0.3 is 0 Å². The zero-order chi connectivity index (χ0) is 11.1. The lowest BCUT2D eigenvalue weighted by molar-refractivity contribution is -0.118. The first-order chi connectivity index (χ1) is 7.75. The molecule has 4 heteroatoms. The molecule has 1 saturated heterocycles. The maximum absolute atomic E-state index is 11.9. The summed E-state index contributed by atoms with van der Waals surface area (Å²) in [4.78, 5) is 14.1. The summed E-state index contributed by atoms with van der Waals surface area (Å²) < 4.78 is 0. The van der Waals surface area contributed by atoms with Crippen LogP contribution in [-0.4, -0.2) is 18.5 Å². The SMILES string of the molecule is O=C1Nc2ccc(Cl)cc2N2CCCC[C@@H]12. The third-order valence-corrected chi connectivity index (χ3v) is 3.57. The van der Waals surface area contributed by atoms with E-state index < -0.39 is 0 Å². The fourth-order valence-corrected chi connectivity index (χ4v) is 2.72. The van der Waals surface area contributed by atoms with Crippen molar-refractivity contribution in [2.75, 3.05) is 16.8 Å². The molecule has 0 bridgehead atoms. The van der Waals surface area contributed by atoms with Crippen molar-refractivity contribution < 1.29 is 4.79 Å². The molecule has 1 aromatic rings. The molecule has 0 aliphatic carbocycles. The molecule has 1 aromatic carbocycles. The molecule has 16 heavy (non-hydrogen) atoms. The third kappa shape index (κ3) is 1.47. The molecule has 1 fully saturated rings. The van der Waals surface area contributed by atoms with Crippen LogP contribution in [0.2, 0.25) is 5.02 Å². The zero-order valence-corrected chi connectivity index (χ0v) is 9.63. The van der Waals surface area contributed by atoms with E-state index in [1.807, 2.05) is 18.2 Å². The van der Waals surface area contributed by atoms with Crippen LogP contribution in [0.1, 0.15) is 19.3 Å². The van der Waals surface area contributed by atoms with Gasteiger partial charge in [-0.05, 0) is 37.5 Å². The van der Waals surface area contributed by atoms with Crippen molar-refractivity contribution in [1.82, 2.24) is 0 Å². The second-order valence-corrected chi connectivity index (χ2v) is 4.79. The van der Waals surface area contributed by atoms with E-state index in [-0.39, 0.29) is 11.9 Å². The van der Waals surface area contributed by atoms with Crippen LogP contribution in [-0.2, 0) is 4.79 Å². The number of nitrogens with one attached hydrogen (secondary N) is 1. The van der Waals surface area contributed by atoms with Gasteiger partial charge in [0.1, 0.15) is 6.04 Å². The summed E-state index contributed by atoms with van der Waals surface area (Å²) in [7, 11) is 0. The van der Waals surface area contributed by atoms with E-state index in [0.717, 1.165) is 42.2 Å². The highest BCUT2D eigenvalue weighted by Gasteiger charge is 2.34. The number of amides is 1. The van der Waals surface area contributed by atoms with Gasteiger partial charge in [-0.3, -0.25) is 4.79 Å². The van der Waals surface area contributed by atoms with Crippen LogP contribution in [0.15, 0.2) is 18.2 Å². The lowest BCUT2D eigenvalue weighted by Gasteiger charge is -2.41. The van der Waals surface area contributed by atoms with E-state index >= 15 is 0 Å². The van der Waals surface area contributed by atoms with Gasteiger partial charge in [-0.1, -0.05) is 11.6 Å². The van der Waals surface area contributed by atoms with Gasteiger partial charge in [0.25, 0.3) is 0 Å². The molecule has 0 radical (unpaired) electrons. The predicted octanol–water partition coefficient (Wildman–Crippen LogP) is 2.65. The first-order valence-electron chi connectivity index (χ1n) is 5.63. The van der Waals surface area contributed by atoms with Crippen LogP contribution < -0.4 is 10.2 Å². The Kier molecular flexibility index (Phi) is 2.28. The molecule has 0 unspecified atom stereocenters. The average Bonchev–Trinajstić information content (AvgIpc) is 2.31. The maximum atomic E-state index is 11.9. The highest BCUT2D eigenvalue weighted by Crippen LogP contribution is 2.37. The lowest BCUT2D eigenvalue weighted by Crippen LogP contribution is -2.50. The van der Waals surface area contributed by atoms with Gasteiger partial charge in [-0.25, -0.2) is 0 Å². The van der Waals surface area contributed by atoms with Gasteiger partial charge in [-0.15, -0.1) is 0 Å². The van der Waals surface area contributed by atoms with E-state index in [4.69, 9.17) is 11.6 Å². The van der Waals surface area contributed by atoms with E-state index in [2.05, 4.69) is 10.2 Å². The first-order valence-corrected chi connectivity index (χ1v) is 6.00. The summed E-state index contributed by atoms with van der Waals surface area (Å²) in [6.45, 7) is 0.950. The molecular formula is C12H13ClN2O. The fraction of sp³-hybridized carbons (Fsp3) is 0.417. The Morgan fingerprint density at radius 1 is 1.38 bits per heavy atom. The minimum Gasteiger partial charge on any atom is -0.358 e. The molecule has 3 nitrogen and oxygen atoms in total. The molecule has 0 saturated carbocycles. The van der Waals surface area contributed by atoms with Gasteiger partial charge in [0.05, 0.1) is 11.4 Å². The number of anilines is 2. The molecule has 1 amide bonds. The Hall–Kier alpha value is -1.22. The second kappa shape index (κ2) is 3.67. The summed E-state index contributed by atoms with van der Waals surface area (Å²) in [5.41, 5.74) is 1.95. The van der Waals surface area contributed by atoms with Crippen molar-refractivity contribution in [1.29, 1.82) is 0 Å². The van der Waals surface area contributed by atoms with Gasteiger partial charge in [-0.2, -0.15) is 0 Å². The number of rotatable bonds is 0. The Labute approximate surface area is 99.4 Å². The van der Waals surface area contributed by atoms with Crippen molar-refractivity contribution in [3.05, 3.63) is 23.2 Å². The Balaban J connectivity index is 2.07. The molecule has 2 aliphatic heterocycles. The normalized spacial score (nSPS) is 23.4. The van der Waals surface area contributed by atoms with Crippen molar-refractivity contribution >= 4 is 28.9 Å². The fourth-order valence-electron chi connectivity index (χ4n) is 2.56. The lowest BCUT2D eigenvalue weighted by atomic mass is 9.97. The van der Waals surface area contributed by atoms with Crippen molar-refractivity contribution in [3.8, 4) is 0 Å². The number of halogens is 1. The maximum Gasteiger partial charge on any atom is 0.247 e. The predicted molar refractivity (Wildman–Crippen MR) is 65.1 cm³/mol. The molecule has 3 rings (SSSR count). The van der Waals surface area contributed by atoms with Crippen LogP contribution in [0.25, 0.3) is 0 Å². The van der Waals surface area contributed by atoms with Crippen molar-refractivity contribution in [3.63, 3.8) is 0 Å². The van der Waals surface area contributed by atoms with E-state index in [0.29, 0.717) is 0 Å². The molecule has 0 aromatic heterocycles. The number of carbonyl (C=O) groups is 1. The van der Waals surface area contributed by atoms with Crippen LogP contribution in [0.3, 0.4) is 0 Å². The standard InChI is InChI=1S/C12H13ClN2O/c13-8-4-5-9-11(7-8)15-6-2-1-3-10(15)12(16)14-9/h4-5,7,10H,1-3,6H2,(H,14,16)/t10-/m0/s1. The topological polar surface area (TPSA) is 32.3 Å². The summed E-state index contributed by atoms with van der Waals surface area (Å²) in [6.07, 6.45) is 3.22. The van der Waals surface area contributed by atoms with Crippen LogP contribution in [0.5, 0.6) is 0 Å². The second-order valence-electron chi connectivity index (χ2n) is 4.36. The smallest absolute Gasteiger partial charge is 0.247 e. The molecule has 1 atom stereocenters. The van der Waals surface area contributed by atoms with Crippen LogP contribution in [0.4, 0.5) is 11.4 Å². The number of piperidine rings is 1. The Bertz CT molecular complexity index is 447.